The SMILES string of the molecule is CC1(C)C2=C(c3ccc4oc5ccccc5c4c31)C1C(C=C2)c2ccccc2N1c1ccc2oc3ccccc3c2c1. The molecule has 3 heteroatoms. The first-order valence-corrected chi connectivity index (χ1v) is 14.8. The lowest BCUT2D eigenvalue weighted by atomic mass is 9.76. The van der Waals surface area contributed by atoms with Gasteiger partial charge < -0.3 is 13.7 Å². The Balaban J connectivity index is 1.25. The Hall–Kier alpha value is -5.02. The fourth-order valence-corrected chi connectivity index (χ4v) is 8.27. The van der Waals surface area contributed by atoms with Crippen molar-refractivity contribution >= 4 is 60.8 Å². The number of fused-ring (bicyclic) bond motifs is 13. The van der Waals surface area contributed by atoms with Gasteiger partial charge in [0.1, 0.15) is 22.3 Å². The second-order valence-electron chi connectivity index (χ2n) is 12.4. The average molecular weight is 542 g/mol. The number of benzene rings is 5. The van der Waals surface area contributed by atoms with Gasteiger partial charge in [0, 0.05) is 44.3 Å². The van der Waals surface area contributed by atoms with Gasteiger partial charge in [0.05, 0.1) is 6.04 Å². The molecule has 2 atom stereocenters. The molecule has 3 nitrogen and oxygen atoms in total. The number of hydrogen-bond acceptors (Lipinski definition) is 3. The lowest BCUT2D eigenvalue weighted by Gasteiger charge is -2.35. The van der Waals surface area contributed by atoms with Gasteiger partial charge in [-0.1, -0.05) is 86.7 Å². The molecule has 0 N–H and O–H groups in total. The summed E-state index contributed by atoms with van der Waals surface area (Å²) in [7, 11) is 0. The van der Waals surface area contributed by atoms with Crippen molar-refractivity contribution in [2.24, 2.45) is 0 Å². The van der Waals surface area contributed by atoms with Crippen LogP contribution in [0.5, 0.6) is 0 Å². The summed E-state index contributed by atoms with van der Waals surface area (Å²) in [5, 5.41) is 4.76. The highest BCUT2D eigenvalue weighted by Crippen LogP contribution is 2.60. The molecule has 5 aromatic carbocycles. The summed E-state index contributed by atoms with van der Waals surface area (Å²) in [5.74, 6) is 0.260. The van der Waals surface area contributed by atoms with Crippen molar-refractivity contribution in [1.29, 1.82) is 0 Å². The van der Waals surface area contributed by atoms with E-state index in [1.807, 2.05) is 6.07 Å². The molecule has 0 bridgehead atoms. The molecule has 0 fully saturated rings. The van der Waals surface area contributed by atoms with Crippen LogP contribution in [0.2, 0.25) is 0 Å². The molecule has 0 spiro atoms. The molecule has 10 rings (SSSR count). The molecule has 3 aliphatic rings. The number of furan rings is 2. The molecular weight excluding hydrogens is 514 g/mol. The van der Waals surface area contributed by atoms with Gasteiger partial charge >= 0.3 is 0 Å². The Bertz CT molecular complexity index is 2360. The fourth-order valence-electron chi connectivity index (χ4n) is 8.27. The van der Waals surface area contributed by atoms with Crippen LogP contribution in [0.15, 0.2) is 130 Å². The Kier molecular flexibility index (Phi) is 4.11. The number of anilines is 2. The van der Waals surface area contributed by atoms with Crippen LogP contribution in [-0.4, -0.2) is 6.04 Å². The zero-order chi connectivity index (χ0) is 27.7. The van der Waals surface area contributed by atoms with Gasteiger partial charge in [-0.15, -0.1) is 0 Å². The van der Waals surface area contributed by atoms with Crippen LogP contribution in [0.4, 0.5) is 11.4 Å². The first kappa shape index (κ1) is 22.6. The van der Waals surface area contributed by atoms with E-state index in [-0.39, 0.29) is 17.4 Å². The minimum Gasteiger partial charge on any atom is -0.456 e. The van der Waals surface area contributed by atoms with E-state index in [1.165, 1.54) is 50.0 Å². The van der Waals surface area contributed by atoms with Crippen LogP contribution in [0.25, 0.3) is 49.5 Å². The second kappa shape index (κ2) is 7.63. The summed E-state index contributed by atoms with van der Waals surface area (Å²) in [6, 6.07) is 37.1. The first-order valence-electron chi connectivity index (χ1n) is 14.8. The van der Waals surface area contributed by atoms with Gasteiger partial charge in [-0.3, -0.25) is 0 Å². The monoisotopic (exact) mass is 541 g/mol. The summed E-state index contributed by atoms with van der Waals surface area (Å²) in [4.78, 5) is 2.59. The lowest BCUT2D eigenvalue weighted by Crippen LogP contribution is -2.33. The molecule has 42 heavy (non-hydrogen) atoms. The standard InChI is InChI=1S/C39H27NO2/c1-39(2)29-18-16-25-23-9-3-6-12-30(23)40(22-15-19-33-28(21-22)24-10-4-7-13-31(24)41-33)38(25)35(29)27-17-20-34-36(37(27)39)26-11-5-8-14-32(26)42-34/h3-21,25,38H,1-2H3. The van der Waals surface area contributed by atoms with Gasteiger partial charge in [-0.05, 0) is 70.3 Å². The van der Waals surface area contributed by atoms with Crippen LogP contribution in [0, 0.1) is 0 Å². The summed E-state index contributed by atoms with van der Waals surface area (Å²) in [6.07, 6.45) is 4.87. The van der Waals surface area contributed by atoms with Crippen molar-refractivity contribution in [1.82, 2.24) is 0 Å². The molecule has 2 aliphatic carbocycles. The van der Waals surface area contributed by atoms with Gasteiger partial charge in [0.15, 0.2) is 0 Å². The number of para-hydroxylation sites is 3. The predicted molar refractivity (Wildman–Crippen MR) is 172 cm³/mol. The van der Waals surface area contributed by atoms with E-state index >= 15 is 0 Å². The minimum absolute atomic E-state index is 0.147. The van der Waals surface area contributed by atoms with Crippen molar-refractivity contribution in [2.75, 3.05) is 4.90 Å². The molecule has 200 valence electrons. The lowest BCUT2D eigenvalue weighted by molar-refractivity contribution is 0.645. The number of nitrogens with zero attached hydrogens (tertiary/aromatic N) is 1. The normalized spacial score (nSPS) is 20.1. The highest BCUT2D eigenvalue weighted by atomic mass is 16.3. The van der Waals surface area contributed by atoms with Crippen molar-refractivity contribution in [2.45, 2.75) is 31.2 Å². The summed E-state index contributed by atoms with van der Waals surface area (Å²) in [6.45, 7) is 4.77. The fraction of sp³-hybridized carbons (Fsp3) is 0.128. The van der Waals surface area contributed by atoms with E-state index in [0.717, 1.165) is 33.1 Å². The highest BCUT2D eigenvalue weighted by molar-refractivity contribution is 6.11. The maximum Gasteiger partial charge on any atom is 0.135 e. The summed E-state index contributed by atoms with van der Waals surface area (Å²) < 4.78 is 12.6. The molecule has 0 amide bonds. The average Bonchev–Trinajstić information content (AvgIpc) is 3.73. The number of rotatable bonds is 1. The largest absolute Gasteiger partial charge is 0.456 e. The highest BCUT2D eigenvalue weighted by Gasteiger charge is 2.49. The summed E-state index contributed by atoms with van der Waals surface area (Å²) in [5.41, 5.74) is 13.0. The second-order valence-corrected chi connectivity index (χ2v) is 12.4. The van der Waals surface area contributed by atoms with E-state index in [0.29, 0.717) is 0 Å². The van der Waals surface area contributed by atoms with Crippen LogP contribution >= 0.6 is 0 Å². The maximum absolute atomic E-state index is 6.36. The molecule has 7 aromatic rings. The minimum atomic E-state index is -0.163. The number of allylic oxidation sites excluding steroid dienone is 2. The van der Waals surface area contributed by atoms with Crippen molar-refractivity contribution in [3.05, 3.63) is 138 Å². The molecule has 0 radical (unpaired) electrons. The molecule has 3 heterocycles. The molecule has 2 unspecified atom stereocenters. The third kappa shape index (κ3) is 2.67. The topological polar surface area (TPSA) is 29.5 Å². The third-order valence-electron chi connectivity index (χ3n) is 10.0. The van der Waals surface area contributed by atoms with E-state index < -0.39 is 0 Å². The van der Waals surface area contributed by atoms with Crippen molar-refractivity contribution in [3.63, 3.8) is 0 Å². The number of hydrogen-bond donors (Lipinski definition) is 0. The van der Waals surface area contributed by atoms with Gasteiger partial charge in [0.2, 0.25) is 0 Å². The van der Waals surface area contributed by atoms with Gasteiger partial charge in [-0.2, -0.15) is 0 Å². The Labute approximate surface area is 243 Å². The maximum atomic E-state index is 6.36. The van der Waals surface area contributed by atoms with Crippen LogP contribution in [0.3, 0.4) is 0 Å². The van der Waals surface area contributed by atoms with Crippen LogP contribution in [-0.2, 0) is 5.41 Å². The van der Waals surface area contributed by atoms with Crippen LogP contribution < -0.4 is 4.90 Å². The Morgan fingerprint density at radius 3 is 2.24 bits per heavy atom. The smallest absolute Gasteiger partial charge is 0.135 e. The van der Waals surface area contributed by atoms with Crippen LogP contribution in [0.1, 0.15) is 36.5 Å². The molecular formula is C39H27NO2. The van der Waals surface area contributed by atoms with E-state index in [9.17, 15) is 0 Å². The predicted octanol–water partition coefficient (Wildman–Crippen LogP) is 10.4. The van der Waals surface area contributed by atoms with E-state index in [4.69, 9.17) is 8.83 Å². The van der Waals surface area contributed by atoms with Gasteiger partial charge in [0.25, 0.3) is 0 Å². The van der Waals surface area contributed by atoms with E-state index in [1.54, 1.807) is 0 Å². The van der Waals surface area contributed by atoms with E-state index in [2.05, 4.69) is 128 Å². The van der Waals surface area contributed by atoms with Gasteiger partial charge in [-0.25, -0.2) is 0 Å². The zero-order valence-electron chi connectivity index (χ0n) is 23.4. The zero-order valence-corrected chi connectivity index (χ0v) is 23.4. The Morgan fingerprint density at radius 1 is 0.667 bits per heavy atom. The Morgan fingerprint density at radius 2 is 1.36 bits per heavy atom. The third-order valence-corrected chi connectivity index (χ3v) is 10.0. The molecule has 2 aromatic heterocycles. The van der Waals surface area contributed by atoms with Crippen molar-refractivity contribution < 1.29 is 8.83 Å². The first-order chi connectivity index (χ1) is 20.6. The molecule has 0 saturated carbocycles. The molecule has 0 saturated heterocycles. The van der Waals surface area contributed by atoms with Crippen molar-refractivity contribution in [3.8, 4) is 0 Å². The summed E-state index contributed by atoms with van der Waals surface area (Å²) >= 11 is 0. The molecule has 1 aliphatic heterocycles. The quantitative estimate of drug-likeness (QED) is 0.207.